The molecule has 7 aromatic carbocycles. The zero-order valence-corrected chi connectivity index (χ0v) is 32.1. The Morgan fingerprint density at radius 2 is 0.945 bits per heavy atom. The van der Waals surface area contributed by atoms with Crippen LogP contribution in [0.3, 0.4) is 0 Å². The molecule has 0 saturated heterocycles. The van der Waals surface area contributed by atoms with Crippen molar-refractivity contribution >= 4 is 22.6 Å². The average molecular weight is 708 g/mol. The van der Waals surface area contributed by atoms with Crippen LogP contribution in [0.15, 0.2) is 182 Å². The van der Waals surface area contributed by atoms with Crippen LogP contribution in [0.5, 0.6) is 0 Å². The van der Waals surface area contributed by atoms with Crippen LogP contribution in [0, 0.1) is 0 Å². The van der Waals surface area contributed by atoms with Crippen molar-refractivity contribution < 1.29 is 0 Å². The van der Waals surface area contributed by atoms with Gasteiger partial charge in [0, 0.05) is 27.8 Å². The molecule has 1 nitrogen and oxygen atoms in total. The minimum atomic E-state index is -0.0321. The molecule has 0 amide bonds. The molecule has 55 heavy (non-hydrogen) atoms. The summed E-state index contributed by atoms with van der Waals surface area (Å²) in [7, 11) is 0. The van der Waals surface area contributed by atoms with Gasteiger partial charge in [0.1, 0.15) is 0 Å². The van der Waals surface area contributed by atoms with Gasteiger partial charge in [-0.15, -0.1) is 0 Å². The maximum atomic E-state index is 2.44. The SMILES string of the molecule is CC1(C)C2=C(C=CCC2)c2ccc(-c3ccc(N(c4ccc(-c5ccc6c(c5)C(C)(C)c5ccccc5-6)cc4)c4ccccc4-c4ccccc4)cc3)cc21. The fraction of sp³-hybridized carbons (Fsp3) is 0.148. The maximum Gasteiger partial charge on any atom is 0.0540 e. The van der Waals surface area contributed by atoms with Crippen LogP contribution in [-0.4, -0.2) is 0 Å². The van der Waals surface area contributed by atoms with Crippen LogP contribution in [0.1, 0.15) is 62.8 Å². The monoisotopic (exact) mass is 707 g/mol. The summed E-state index contributed by atoms with van der Waals surface area (Å²) in [4.78, 5) is 2.41. The molecule has 266 valence electrons. The summed E-state index contributed by atoms with van der Waals surface area (Å²) in [5, 5.41) is 0. The summed E-state index contributed by atoms with van der Waals surface area (Å²) < 4.78 is 0. The lowest BCUT2D eigenvalue weighted by Crippen LogP contribution is -2.17. The molecular weight excluding hydrogens is 663 g/mol. The normalized spacial score (nSPS) is 15.6. The van der Waals surface area contributed by atoms with Crippen LogP contribution in [0.2, 0.25) is 0 Å². The molecule has 0 spiro atoms. The Kier molecular flexibility index (Phi) is 7.72. The van der Waals surface area contributed by atoms with Gasteiger partial charge in [-0.1, -0.05) is 167 Å². The van der Waals surface area contributed by atoms with Gasteiger partial charge in [-0.2, -0.15) is 0 Å². The zero-order valence-electron chi connectivity index (χ0n) is 32.1. The van der Waals surface area contributed by atoms with Gasteiger partial charge in [0.2, 0.25) is 0 Å². The van der Waals surface area contributed by atoms with Gasteiger partial charge >= 0.3 is 0 Å². The third-order valence-electron chi connectivity index (χ3n) is 12.6. The summed E-state index contributed by atoms with van der Waals surface area (Å²) in [6, 6.07) is 60.8. The highest BCUT2D eigenvalue weighted by atomic mass is 15.1. The van der Waals surface area contributed by atoms with E-state index in [9.17, 15) is 0 Å². The summed E-state index contributed by atoms with van der Waals surface area (Å²) in [5.74, 6) is 0. The molecule has 0 fully saturated rings. The van der Waals surface area contributed by atoms with Crippen molar-refractivity contribution in [1.82, 2.24) is 0 Å². The van der Waals surface area contributed by atoms with E-state index in [-0.39, 0.29) is 10.8 Å². The smallest absolute Gasteiger partial charge is 0.0540 e. The predicted molar refractivity (Wildman–Crippen MR) is 233 cm³/mol. The van der Waals surface area contributed by atoms with Crippen LogP contribution in [0.4, 0.5) is 17.1 Å². The van der Waals surface area contributed by atoms with Crippen molar-refractivity contribution in [2.75, 3.05) is 4.90 Å². The fourth-order valence-corrected chi connectivity index (χ4v) is 9.65. The Labute approximate surface area is 326 Å². The van der Waals surface area contributed by atoms with Crippen molar-refractivity contribution in [3.05, 3.63) is 204 Å². The topological polar surface area (TPSA) is 3.24 Å². The number of fused-ring (bicyclic) bond motifs is 5. The van der Waals surface area contributed by atoms with Gasteiger partial charge in [-0.05, 0) is 122 Å². The summed E-state index contributed by atoms with van der Waals surface area (Å²) in [6.07, 6.45) is 6.97. The molecule has 0 bridgehead atoms. The number of rotatable bonds is 6. The first-order valence-electron chi connectivity index (χ1n) is 19.7. The van der Waals surface area contributed by atoms with Crippen LogP contribution in [-0.2, 0) is 10.8 Å². The Morgan fingerprint density at radius 1 is 0.418 bits per heavy atom. The number of allylic oxidation sites excluding steroid dienone is 4. The highest BCUT2D eigenvalue weighted by molar-refractivity contribution is 5.91. The Morgan fingerprint density at radius 3 is 1.62 bits per heavy atom. The molecule has 3 aliphatic rings. The van der Waals surface area contributed by atoms with Crippen molar-refractivity contribution in [2.45, 2.75) is 51.4 Å². The van der Waals surface area contributed by atoms with Gasteiger partial charge in [-0.3, -0.25) is 0 Å². The lowest BCUT2D eigenvalue weighted by Gasteiger charge is -2.28. The molecule has 0 heterocycles. The molecule has 0 unspecified atom stereocenters. The van der Waals surface area contributed by atoms with Gasteiger partial charge in [0.25, 0.3) is 0 Å². The van der Waals surface area contributed by atoms with Crippen LogP contribution < -0.4 is 4.90 Å². The molecule has 0 saturated carbocycles. The third kappa shape index (κ3) is 5.36. The van der Waals surface area contributed by atoms with E-state index in [0.717, 1.165) is 29.9 Å². The second-order valence-corrected chi connectivity index (χ2v) is 16.5. The van der Waals surface area contributed by atoms with E-state index in [0.29, 0.717) is 0 Å². The van der Waals surface area contributed by atoms with Crippen molar-refractivity contribution in [3.63, 3.8) is 0 Å². The van der Waals surface area contributed by atoms with E-state index in [4.69, 9.17) is 0 Å². The van der Waals surface area contributed by atoms with Gasteiger partial charge < -0.3 is 4.90 Å². The van der Waals surface area contributed by atoms with Gasteiger partial charge in [-0.25, -0.2) is 0 Å². The third-order valence-corrected chi connectivity index (χ3v) is 12.6. The predicted octanol–water partition coefficient (Wildman–Crippen LogP) is 14.9. The number of anilines is 3. The maximum absolute atomic E-state index is 2.44. The summed E-state index contributed by atoms with van der Waals surface area (Å²) in [6.45, 7) is 9.50. The molecule has 3 aliphatic carbocycles. The van der Waals surface area contributed by atoms with E-state index < -0.39 is 0 Å². The first-order valence-corrected chi connectivity index (χ1v) is 19.7. The van der Waals surface area contributed by atoms with Crippen LogP contribution >= 0.6 is 0 Å². The highest BCUT2D eigenvalue weighted by Gasteiger charge is 2.38. The molecule has 7 aromatic rings. The van der Waals surface area contributed by atoms with Gasteiger partial charge in [0.15, 0.2) is 0 Å². The highest BCUT2D eigenvalue weighted by Crippen LogP contribution is 2.52. The molecule has 0 radical (unpaired) electrons. The van der Waals surface area contributed by atoms with Crippen molar-refractivity contribution in [2.24, 2.45) is 0 Å². The van der Waals surface area contributed by atoms with E-state index in [2.05, 4.69) is 209 Å². The Balaban J connectivity index is 1.03. The van der Waals surface area contributed by atoms with E-state index in [1.54, 1.807) is 5.57 Å². The minimum Gasteiger partial charge on any atom is -0.310 e. The van der Waals surface area contributed by atoms with E-state index >= 15 is 0 Å². The largest absolute Gasteiger partial charge is 0.310 e. The molecule has 0 aromatic heterocycles. The first-order chi connectivity index (χ1) is 26.8. The molecule has 1 heteroatoms. The first kappa shape index (κ1) is 33.4. The standard InChI is InChI=1S/C54H45N/c1-53(2)48-19-11-8-17-44(48)46-32-26-39(34-50(46)53)36-22-28-41(29-23-36)55(52-21-13-10-16-43(52)38-14-6-5-7-15-38)42-30-24-37(25-31-42)40-27-33-47-45-18-9-12-20-49(45)54(3,4)51(47)35-40/h5-11,13-19,21-35H,12,20H2,1-4H3. The Hall–Kier alpha value is -6.18. The minimum absolute atomic E-state index is 0.0321. The second-order valence-electron chi connectivity index (χ2n) is 16.5. The quantitative estimate of drug-likeness (QED) is 0.166. The van der Waals surface area contributed by atoms with E-state index in [1.165, 1.54) is 72.3 Å². The van der Waals surface area contributed by atoms with Gasteiger partial charge in [0.05, 0.1) is 5.69 Å². The molecular formula is C54H45N. The zero-order chi connectivity index (χ0) is 37.3. The fourth-order valence-electron chi connectivity index (χ4n) is 9.65. The molecule has 0 N–H and O–H groups in total. The average Bonchev–Trinajstić information content (AvgIpc) is 3.61. The summed E-state index contributed by atoms with van der Waals surface area (Å²) in [5.41, 5.74) is 22.2. The molecule has 0 aliphatic heterocycles. The van der Waals surface area contributed by atoms with Crippen molar-refractivity contribution in [3.8, 4) is 44.5 Å². The number of benzene rings is 7. The number of para-hydroxylation sites is 1. The number of nitrogens with zero attached hydrogens (tertiary/aromatic N) is 1. The Bertz CT molecular complexity index is 2670. The second kappa shape index (κ2) is 12.7. The van der Waals surface area contributed by atoms with E-state index in [1.807, 2.05) is 0 Å². The lowest BCUT2D eigenvalue weighted by atomic mass is 9.78. The van der Waals surface area contributed by atoms with Crippen LogP contribution in [0.25, 0.3) is 50.1 Å². The lowest BCUT2D eigenvalue weighted by molar-refractivity contribution is 0.607. The number of hydrogen-bond acceptors (Lipinski definition) is 1. The molecule has 0 atom stereocenters. The summed E-state index contributed by atoms with van der Waals surface area (Å²) >= 11 is 0. The molecule has 10 rings (SSSR count). The van der Waals surface area contributed by atoms with Crippen molar-refractivity contribution in [1.29, 1.82) is 0 Å². The number of hydrogen-bond donors (Lipinski definition) is 0.